The molecule has 0 aliphatic heterocycles. The predicted octanol–water partition coefficient (Wildman–Crippen LogP) is 3.65. The van der Waals surface area contributed by atoms with Crippen molar-refractivity contribution in [1.29, 1.82) is 0 Å². The van der Waals surface area contributed by atoms with Gasteiger partial charge in [-0.1, -0.05) is 19.1 Å². The van der Waals surface area contributed by atoms with Crippen LogP contribution < -0.4 is 5.56 Å². The van der Waals surface area contributed by atoms with E-state index in [1.807, 2.05) is 6.92 Å². The van der Waals surface area contributed by atoms with E-state index in [9.17, 15) is 18.0 Å². The van der Waals surface area contributed by atoms with E-state index in [0.717, 1.165) is 23.4 Å². The van der Waals surface area contributed by atoms with Gasteiger partial charge >= 0.3 is 6.18 Å². The molecule has 0 unspecified atom stereocenters. The third-order valence-electron chi connectivity index (χ3n) is 4.22. The summed E-state index contributed by atoms with van der Waals surface area (Å²) >= 11 is 0. The zero-order chi connectivity index (χ0) is 19.1. The van der Waals surface area contributed by atoms with E-state index >= 15 is 0 Å². The lowest BCUT2D eigenvalue weighted by molar-refractivity contribution is -0.137. The fourth-order valence-electron chi connectivity index (χ4n) is 2.85. The van der Waals surface area contributed by atoms with Crippen molar-refractivity contribution < 1.29 is 13.2 Å². The average molecular weight is 362 g/mol. The Kier molecular flexibility index (Phi) is 4.43. The van der Waals surface area contributed by atoms with Crippen molar-refractivity contribution in [3.05, 3.63) is 69.4 Å². The van der Waals surface area contributed by atoms with Crippen molar-refractivity contribution in [3.8, 4) is 11.4 Å². The van der Waals surface area contributed by atoms with Gasteiger partial charge in [-0.05, 0) is 30.7 Å². The molecule has 0 saturated heterocycles. The highest BCUT2D eigenvalue weighted by atomic mass is 19.4. The molecule has 3 aromatic rings. The summed E-state index contributed by atoms with van der Waals surface area (Å²) in [6.07, 6.45) is -4.36. The van der Waals surface area contributed by atoms with Crippen molar-refractivity contribution in [2.24, 2.45) is 7.05 Å². The van der Waals surface area contributed by atoms with Crippen LogP contribution in [0.2, 0.25) is 0 Å². The number of halogens is 3. The van der Waals surface area contributed by atoms with E-state index < -0.39 is 11.7 Å². The van der Waals surface area contributed by atoms with Crippen molar-refractivity contribution in [1.82, 2.24) is 19.7 Å². The molecule has 0 radical (unpaired) electrons. The summed E-state index contributed by atoms with van der Waals surface area (Å²) in [6, 6.07) is 8.24. The number of hydrogen-bond acceptors (Lipinski definition) is 3. The van der Waals surface area contributed by atoms with Gasteiger partial charge in [0.2, 0.25) is 0 Å². The lowest BCUT2D eigenvalue weighted by atomic mass is 9.96. The lowest BCUT2D eigenvalue weighted by Gasteiger charge is -2.13. The summed E-state index contributed by atoms with van der Waals surface area (Å²) in [6.45, 7) is 3.57. The number of hydrogen-bond donors (Lipinski definition) is 1. The van der Waals surface area contributed by atoms with Gasteiger partial charge in [0.25, 0.3) is 5.56 Å². The smallest absolute Gasteiger partial charge is 0.311 e. The number of nitrogens with zero attached hydrogens (tertiary/aromatic N) is 3. The molecule has 1 atom stereocenters. The zero-order valence-electron chi connectivity index (χ0n) is 14.4. The number of benzene rings is 1. The van der Waals surface area contributed by atoms with Crippen molar-refractivity contribution in [3.63, 3.8) is 0 Å². The summed E-state index contributed by atoms with van der Waals surface area (Å²) in [4.78, 5) is 18.5. The van der Waals surface area contributed by atoms with E-state index in [4.69, 9.17) is 0 Å². The Balaban J connectivity index is 1.94. The van der Waals surface area contributed by atoms with Crippen molar-refractivity contribution >= 4 is 0 Å². The van der Waals surface area contributed by atoms with Crippen LogP contribution in [0.15, 0.2) is 41.2 Å². The van der Waals surface area contributed by atoms with E-state index in [1.165, 1.54) is 18.2 Å². The largest absolute Gasteiger partial charge is 0.416 e. The summed E-state index contributed by atoms with van der Waals surface area (Å²) in [5.41, 5.74) is 1.59. The first-order valence-corrected chi connectivity index (χ1v) is 7.94. The zero-order valence-corrected chi connectivity index (χ0v) is 14.4. The number of aryl methyl sites for hydroxylation is 2. The maximum absolute atomic E-state index is 12.7. The Morgan fingerprint density at radius 3 is 2.35 bits per heavy atom. The van der Waals surface area contributed by atoms with Gasteiger partial charge in [0.1, 0.15) is 11.5 Å². The molecule has 8 heteroatoms. The molecule has 0 bridgehead atoms. The standard InChI is InChI=1S/C18H17F3N4O/c1-10(12-4-6-13(7-5-12)18(19,20)21)16-8-15(24-25(16)3)14-9-17(26)23-11(2)22-14/h4-10H,1-3H3,(H,22,23,26)/t10-/m0/s1. The molecule has 3 rings (SSSR count). The number of H-pyrrole nitrogens is 1. The summed E-state index contributed by atoms with van der Waals surface area (Å²) in [7, 11) is 1.75. The highest BCUT2D eigenvalue weighted by Gasteiger charge is 2.30. The number of nitrogens with one attached hydrogen (secondary N) is 1. The predicted molar refractivity (Wildman–Crippen MR) is 90.8 cm³/mol. The fraction of sp³-hybridized carbons (Fsp3) is 0.278. The molecular formula is C18H17F3N4O. The Morgan fingerprint density at radius 1 is 1.12 bits per heavy atom. The Labute approximate surface area is 147 Å². The maximum Gasteiger partial charge on any atom is 0.416 e. The van der Waals surface area contributed by atoms with Gasteiger partial charge in [-0.15, -0.1) is 0 Å². The maximum atomic E-state index is 12.7. The molecule has 0 fully saturated rings. The Morgan fingerprint density at radius 2 is 1.77 bits per heavy atom. The van der Waals surface area contributed by atoms with Gasteiger partial charge in [-0.3, -0.25) is 9.48 Å². The van der Waals surface area contributed by atoms with Crippen molar-refractivity contribution in [2.45, 2.75) is 25.9 Å². The fourth-order valence-corrected chi connectivity index (χ4v) is 2.85. The van der Waals surface area contributed by atoms with Gasteiger partial charge in [0.05, 0.1) is 11.3 Å². The molecule has 0 aliphatic carbocycles. The van der Waals surface area contributed by atoms with E-state index in [2.05, 4.69) is 15.1 Å². The molecule has 0 amide bonds. The molecule has 0 saturated carbocycles. The number of rotatable bonds is 3. The van der Waals surface area contributed by atoms with Gasteiger partial charge < -0.3 is 4.98 Å². The first-order valence-electron chi connectivity index (χ1n) is 7.94. The van der Waals surface area contributed by atoms with Crippen LogP contribution in [-0.4, -0.2) is 19.7 Å². The van der Waals surface area contributed by atoms with Crippen LogP contribution in [0.3, 0.4) is 0 Å². The summed E-state index contributed by atoms with van der Waals surface area (Å²) < 4.78 is 39.8. The van der Waals surface area contributed by atoms with Gasteiger partial charge in [-0.2, -0.15) is 18.3 Å². The molecule has 5 nitrogen and oxygen atoms in total. The van der Waals surface area contributed by atoms with E-state index in [1.54, 1.807) is 24.7 Å². The minimum atomic E-state index is -4.36. The molecule has 0 aliphatic rings. The number of alkyl halides is 3. The lowest BCUT2D eigenvalue weighted by Crippen LogP contribution is -2.08. The molecule has 2 heterocycles. The van der Waals surface area contributed by atoms with Crippen LogP contribution >= 0.6 is 0 Å². The Bertz CT molecular complexity index is 987. The van der Waals surface area contributed by atoms with Crippen molar-refractivity contribution in [2.75, 3.05) is 0 Å². The minimum Gasteiger partial charge on any atom is -0.311 e. The number of aromatic amines is 1. The van der Waals surface area contributed by atoms with Crippen LogP contribution in [0.1, 0.15) is 35.5 Å². The SMILES string of the molecule is Cc1nc(-c2cc([C@@H](C)c3ccc(C(F)(F)F)cc3)n(C)n2)cc(=O)[nH]1. The molecule has 1 aromatic carbocycles. The molecule has 0 spiro atoms. The highest BCUT2D eigenvalue weighted by molar-refractivity contribution is 5.54. The van der Waals surface area contributed by atoms with Gasteiger partial charge in [0.15, 0.2) is 0 Å². The van der Waals surface area contributed by atoms with Gasteiger partial charge in [-0.25, -0.2) is 4.98 Å². The topological polar surface area (TPSA) is 63.6 Å². The van der Waals surface area contributed by atoms with Crippen LogP contribution in [0.25, 0.3) is 11.4 Å². The third-order valence-corrected chi connectivity index (χ3v) is 4.22. The van der Waals surface area contributed by atoms with Crippen LogP contribution in [0, 0.1) is 6.92 Å². The van der Waals surface area contributed by atoms with E-state index in [0.29, 0.717) is 17.2 Å². The second kappa shape index (κ2) is 6.44. The highest BCUT2D eigenvalue weighted by Crippen LogP contribution is 2.32. The molecule has 136 valence electrons. The molecule has 2 aromatic heterocycles. The average Bonchev–Trinajstić information content (AvgIpc) is 2.94. The van der Waals surface area contributed by atoms with Crippen LogP contribution in [-0.2, 0) is 13.2 Å². The monoisotopic (exact) mass is 362 g/mol. The second-order valence-corrected chi connectivity index (χ2v) is 6.14. The normalized spacial score (nSPS) is 13.0. The quantitative estimate of drug-likeness (QED) is 0.774. The van der Waals surface area contributed by atoms with E-state index in [-0.39, 0.29) is 11.5 Å². The van der Waals surface area contributed by atoms with Crippen LogP contribution in [0.4, 0.5) is 13.2 Å². The molecule has 1 N–H and O–H groups in total. The summed E-state index contributed by atoms with van der Waals surface area (Å²) in [5.74, 6) is 0.308. The first kappa shape index (κ1) is 17.9. The van der Waals surface area contributed by atoms with Crippen LogP contribution in [0.5, 0.6) is 0 Å². The molecular weight excluding hydrogens is 345 g/mol. The van der Waals surface area contributed by atoms with Gasteiger partial charge in [0, 0.05) is 24.7 Å². The second-order valence-electron chi connectivity index (χ2n) is 6.14. The first-order chi connectivity index (χ1) is 12.1. The molecule has 26 heavy (non-hydrogen) atoms. The summed E-state index contributed by atoms with van der Waals surface area (Å²) in [5, 5.41) is 4.39. The number of aromatic nitrogens is 4. The third kappa shape index (κ3) is 3.54. The minimum absolute atomic E-state index is 0.174. The Hall–Kier alpha value is -2.90.